The predicted octanol–water partition coefficient (Wildman–Crippen LogP) is 2.71. The molecule has 5 nitrogen and oxygen atoms in total. The molecule has 6 heteroatoms. The number of hydrogen-bond acceptors (Lipinski definition) is 4. The topological polar surface area (TPSA) is 52.0 Å². The van der Waals surface area contributed by atoms with Gasteiger partial charge in [0, 0.05) is 5.56 Å². The molecule has 0 saturated carbocycles. The monoisotopic (exact) mass is 423 g/mol. The van der Waals surface area contributed by atoms with Gasteiger partial charge in [-0.3, -0.25) is 4.79 Å². The minimum absolute atomic E-state index is 0.0566. The maximum atomic E-state index is 12.7. The molecule has 1 aliphatic rings. The van der Waals surface area contributed by atoms with Crippen LogP contribution in [-0.4, -0.2) is 38.8 Å². The zero-order valence-electron chi connectivity index (χ0n) is 16.9. The van der Waals surface area contributed by atoms with Crippen molar-refractivity contribution in [2.24, 2.45) is 0 Å². The first-order valence-electron chi connectivity index (χ1n) is 10.3. The maximum absolute atomic E-state index is 12.7. The molecule has 3 aromatic rings. The molecule has 1 aliphatic heterocycles. The number of nitrogens with one attached hydrogen (secondary N) is 2. The quantitative estimate of drug-likeness (QED) is 0.586. The lowest BCUT2D eigenvalue weighted by atomic mass is 10.1. The number of carbonyl (C=O) groups is 1. The average Bonchev–Trinajstić information content (AvgIpc) is 3.34. The van der Waals surface area contributed by atoms with Gasteiger partial charge in [-0.25, -0.2) is 0 Å². The third-order valence-electron chi connectivity index (χ3n) is 5.35. The largest absolute Gasteiger partial charge is 0.489 e. The number of ether oxygens (including phenoxy) is 2. The highest BCUT2D eigenvalue weighted by molar-refractivity contribution is 7.10. The van der Waals surface area contributed by atoms with Crippen LogP contribution >= 0.6 is 11.3 Å². The van der Waals surface area contributed by atoms with E-state index in [1.165, 1.54) is 9.78 Å². The van der Waals surface area contributed by atoms with Gasteiger partial charge in [-0.15, -0.1) is 11.3 Å². The van der Waals surface area contributed by atoms with Crippen LogP contribution in [0.3, 0.4) is 0 Å². The number of benzene rings is 2. The van der Waals surface area contributed by atoms with Gasteiger partial charge in [0.2, 0.25) is 0 Å². The summed E-state index contributed by atoms with van der Waals surface area (Å²) >= 11 is 1.75. The van der Waals surface area contributed by atoms with Crippen molar-refractivity contribution in [2.75, 3.05) is 32.8 Å². The van der Waals surface area contributed by atoms with Crippen LogP contribution in [0.5, 0.6) is 5.75 Å². The zero-order valence-corrected chi connectivity index (χ0v) is 17.7. The summed E-state index contributed by atoms with van der Waals surface area (Å²) in [6, 6.07) is 21.9. The second-order valence-electron chi connectivity index (χ2n) is 7.35. The van der Waals surface area contributed by atoms with Crippen molar-refractivity contribution in [1.29, 1.82) is 0 Å². The lowest BCUT2D eigenvalue weighted by Gasteiger charge is -2.31. The Morgan fingerprint density at radius 1 is 1.03 bits per heavy atom. The van der Waals surface area contributed by atoms with E-state index < -0.39 is 0 Å². The van der Waals surface area contributed by atoms with Crippen LogP contribution < -0.4 is 15.0 Å². The van der Waals surface area contributed by atoms with Crippen molar-refractivity contribution in [2.45, 2.75) is 12.6 Å². The minimum atomic E-state index is -0.0566. The van der Waals surface area contributed by atoms with E-state index >= 15 is 0 Å². The molecule has 0 bridgehead atoms. The molecule has 156 valence electrons. The first-order valence-corrected chi connectivity index (χ1v) is 11.2. The van der Waals surface area contributed by atoms with Crippen LogP contribution in [0.25, 0.3) is 0 Å². The number of morpholine rings is 1. The van der Waals surface area contributed by atoms with Gasteiger partial charge in [-0.2, -0.15) is 0 Å². The van der Waals surface area contributed by atoms with E-state index in [9.17, 15) is 4.79 Å². The summed E-state index contributed by atoms with van der Waals surface area (Å²) in [6.45, 7) is 4.60. The highest BCUT2D eigenvalue weighted by Crippen LogP contribution is 2.17. The summed E-state index contributed by atoms with van der Waals surface area (Å²) in [6.07, 6.45) is 0. The molecule has 2 N–H and O–H groups in total. The molecule has 1 fully saturated rings. The predicted molar refractivity (Wildman–Crippen MR) is 118 cm³/mol. The van der Waals surface area contributed by atoms with Crippen molar-refractivity contribution < 1.29 is 19.2 Å². The normalized spacial score (nSPS) is 15.5. The van der Waals surface area contributed by atoms with E-state index in [4.69, 9.17) is 9.47 Å². The van der Waals surface area contributed by atoms with E-state index in [2.05, 4.69) is 22.8 Å². The van der Waals surface area contributed by atoms with Crippen LogP contribution in [0.15, 0.2) is 72.1 Å². The second-order valence-corrected chi connectivity index (χ2v) is 8.33. The molecule has 2 heterocycles. The third-order valence-corrected chi connectivity index (χ3v) is 6.33. The molecule has 1 saturated heterocycles. The molecule has 0 aliphatic carbocycles. The van der Waals surface area contributed by atoms with Gasteiger partial charge >= 0.3 is 0 Å². The van der Waals surface area contributed by atoms with Gasteiger partial charge < -0.3 is 19.7 Å². The van der Waals surface area contributed by atoms with Gasteiger partial charge in [0.15, 0.2) is 0 Å². The summed E-state index contributed by atoms with van der Waals surface area (Å²) in [5, 5.41) is 5.22. The van der Waals surface area contributed by atoms with E-state index in [0.717, 1.165) is 37.6 Å². The molecule has 1 aromatic heterocycles. The van der Waals surface area contributed by atoms with Gasteiger partial charge in [-0.1, -0.05) is 36.4 Å². The fraction of sp³-hybridized carbons (Fsp3) is 0.292. The van der Waals surface area contributed by atoms with Crippen LogP contribution in [0.2, 0.25) is 0 Å². The van der Waals surface area contributed by atoms with Crippen LogP contribution in [-0.2, 0) is 11.3 Å². The summed E-state index contributed by atoms with van der Waals surface area (Å²) in [4.78, 5) is 15.5. The summed E-state index contributed by atoms with van der Waals surface area (Å²) in [5.74, 6) is 0.698. The highest BCUT2D eigenvalue weighted by Gasteiger charge is 2.27. The van der Waals surface area contributed by atoms with Crippen molar-refractivity contribution in [3.63, 3.8) is 0 Å². The SMILES string of the molecule is O=C(NC[C@@H](c1cccs1)[NH+]1CCOCC1)c1ccc(OCc2ccccc2)cc1. The highest BCUT2D eigenvalue weighted by atomic mass is 32.1. The number of thiophene rings is 1. The van der Waals surface area contributed by atoms with Crippen molar-refractivity contribution in [3.05, 3.63) is 88.1 Å². The molecule has 4 rings (SSSR count). The van der Waals surface area contributed by atoms with Crippen LogP contribution in [0.4, 0.5) is 0 Å². The van der Waals surface area contributed by atoms with Gasteiger partial charge in [0.1, 0.15) is 31.5 Å². The van der Waals surface area contributed by atoms with Gasteiger partial charge in [-0.05, 0) is 41.3 Å². The Hall–Kier alpha value is -2.67. The third kappa shape index (κ3) is 5.48. The molecular weight excluding hydrogens is 396 g/mol. The Balaban J connectivity index is 1.33. The molecule has 1 atom stereocenters. The van der Waals surface area contributed by atoms with Crippen molar-refractivity contribution in [1.82, 2.24) is 5.32 Å². The van der Waals surface area contributed by atoms with Gasteiger partial charge in [0.05, 0.1) is 24.6 Å². The van der Waals surface area contributed by atoms with Crippen LogP contribution in [0, 0.1) is 0 Å². The lowest BCUT2D eigenvalue weighted by molar-refractivity contribution is -0.937. The van der Waals surface area contributed by atoms with Crippen molar-refractivity contribution in [3.8, 4) is 5.75 Å². The molecule has 2 aromatic carbocycles. The van der Waals surface area contributed by atoms with E-state index in [0.29, 0.717) is 18.7 Å². The number of hydrogen-bond donors (Lipinski definition) is 2. The molecular formula is C24H27N2O3S+. The Kier molecular flexibility index (Phi) is 7.13. The van der Waals surface area contributed by atoms with Crippen molar-refractivity contribution >= 4 is 17.2 Å². The molecule has 30 heavy (non-hydrogen) atoms. The van der Waals surface area contributed by atoms with E-state index in [1.54, 1.807) is 11.3 Å². The first kappa shape index (κ1) is 20.6. The molecule has 1 amide bonds. The number of carbonyl (C=O) groups excluding carboxylic acids is 1. The summed E-state index contributed by atoms with van der Waals surface area (Å²) in [7, 11) is 0. The summed E-state index contributed by atoms with van der Waals surface area (Å²) < 4.78 is 11.3. The first-order chi connectivity index (χ1) is 14.8. The number of amides is 1. The summed E-state index contributed by atoms with van der Waals surface area (Å²) in [5.41, 5.74) is 1.76. The standard InChI is InChI=1S/C24H26N2O3S/c27-24(20-8-10-21(11-9-20)29-18-19-5-2-1-3-6-19)25-17-22(23-7-4-16-30-23)26-12-14-28-15-13-26/h1-11,16,22H,12-15,17-18H2,(H,25,27)/p+1/t22-/m0/s1. The van der Waals surface area contributed by atoms with Gasteiger partial charge in [0.25, 0.3) is 5.91 Å². The van der Waals surface area contributed by atoms with E-state index in [1.807, 2.05) is 54.6 Å². The molecule has 0 radical (unpaired) electrons. The Morgan fingerprint density at radius 3 is 2.50 bits per heavy atom. The number of rotatable bonds is 8. The second kappa shape index (κ2) is 10.4. The lowest BCUT2D eigenvalue weighted by Crippen LogP contribution is -3.15. The Labute approximate surface area is 181 Å². The fourth-order valence-corrected chi connectivity index (χ4v) is 4.54. The van der Waals surface area contributed by atoms with E-state index in [-0.39, 0.29) is 11.9 Å². The molecule has 0 unspecified atom stereocenters. The fourth-order valence-electron chi connectivity index (χ4n) is 3.66. The zero-order chi connectivity index (χ0) is 20.6. The smallest absolute Gasteiger partial charge is 0.251 e. The maximum Gasteiger partial charge on any atom is 0.251 e. The minimum Gasteiger partial charge on any atom is -0.489 e. The Bertz CT molecular complexity index is 907. The van der Waals surface area contributed by atoms with Crippen LogP contribution in [0.1, 0.15) is 26.8 Å². The molecule has 0 spiro atoms. The Morgan fingerprint density at radius 2 is 1.80 bits per heavy atom. The average molecular weight is 424 g/mol. The number of quaternary nitrogens is 1.